The second-order valence-electron chi connectivity index (χ2n) is 6.16. The molecule has 0 amide bonds. The summed E-state index contributed by atoms with van der Waals surface area (Å²) in [5.74, 6) is 1.18. The molecule has 0 radical (unpaired) electrons. The number of aliphatic carboxylic acids is 1. The van der Waals surface area contributed by atoms with Crippen molar-refractivity contribution in [2.75, 3.05) is 39.9 Å². The summed E-state index contributed by atoms with van der Waals surface area (Å²) in [6.07, 6.45) is 0. The number of hydrogen-bond donors (Lipinski definition) is 2. The maximum absolute atomic E-state index is 10.7. The molecule has 3 rings (SSSR count). The zero-order valence-corrected chi connectivity index (χ0v) is 13.8. The molecule has 7 heteroatoms. The van der Waals surface area contributed by atoms with Gasteiger partial charge in [0.15, 0.2) is 18.1 Å². The van der Waals surface area contributed by atoms with E-state index >= 15 is 0 Å². The molecule has 0 saturated carbocycles. The lowest BCUT2D eigenvalue weighted by Gasteiger charge is -2.19. The van der Waals surface area contributed by atoms with Crippen LogP contribution in [-0.2, 0) is 11.3 Å². The predicted molar refractivity (Wildman–Crippen MR) is 86.3 cm³/mol. The largest absolute Gasteiger partial charge is 0.493 e. The molecule has 2 heterocycles. The van der Waals surface area contributed by atoms with Crippen molar-refractivity contribution in [1.29, 1.82) is 0 Å². The predicted octanol–water partition coefficient (Wildman–Crippen LogP) is 1.46. The molecule has 0 spiro atoms. The summed E-state index contributed by atoms with van der Waals surface area (Å²) in [6.45, 7) is 4.75. The molecule has 1 aromatic rings. The lowest BCUT2D eigenvalue weighted by molar-refractivity contribution is -0.139. The van der Waals surface area contributed by atoms with E-state index in [1.807, 2.05) is 12.1 Å². The van der Waals surface area contributed by atoms with Crippen LogP contribution < -0.4 is 14.8 Å². The Morgan fingerprint density at radius 2 is 2.09 bits per heavy atom. The molecular weight excluding hydrogens is 320 g/mol. The number of ether oxygens (including phenoxy) is 2. The topological polar surface area (TPSA) is 71.0 Å². The lowest BCUT2D eigenvalue weighted by atomic mass is 10.0. The van der Waals surface area contributed by atoms with Gasteiger partial charge >= 0.3 is 5.97 Å². The number of carboxylic acids is 1. The van der Waals surface area contributed by atoms with E-state index in [0.29, 0.717) is 10.8 Å². The van der Waals surface area contributed by atoms with Crippen LogP contribution in [0.3, 0.4) is 0 Å². The second-order valence-corrected chi connectivity index (χ2v) is 6.57. The van der Waals surface area contributed by atoms with E-state index in [9.17, 15) is 4.79 Å². The van der Waals surface area contributed by atoms with Crippen molar-refractivity contribution < 1.29 is 19.4 Å². The maximum Gasteiger partial charge on any atom is 0.341 e. The second kappa shape index (κ2) is 6.95. The number of rotatable bonds is 6. The Morgan fingerprint density at radius 1 is 1.39 bits per heavy atom. The number of carboxylic acid groups (broad SMARTS) is 1. The number of hydrogen-bond acceptors (Lipinski definition) is 5. The number of nitrogens with zero attached hydrogens (tertiary/aromatic N) is 1. The third-order valence-electron chi connectivity index (χ3n) is 4.50. The minimum Gasteiger partial charge on any atom is -0.493 e. The smallest absolute Gasteiger partial charge is 0.341 e. The summed E-state index contributed by atoms with van der Waals surface area (Å²) < 4.78 is 10.5. The highest BCUT2D eigenvalue weighted by atomic mass is 35.5. The van der Waals surface area contributed by atoms with Gasteiger partial charge in [0.1, 0.15) is 0 Å². The van der Waals surface area contributed by atoms with Gasteiger partial charge in [0.25, 0.3) is 0 Å². The van der Waals surface area contributed by atoms with Gasteiger partial charge in [0.05, 0.1) is 12.1 Å². The van der Waals surface area contributed by atoms with E-state index < -0.39 is 12.6 Å². The van der Waals surface area contributed by atoms with Crippen molar-refractivity contribution in [2.24, 2.45) is 11.8 Å². The first-order valence-electron chi connectivity index (χ1n) is 7.71. The highest BCUT2D eigenvalue weighted by molar-refractivity contribution is 6.32. The molecule has 2 fully saturated rings. The number of methoxy groups -OCH3 is 1. The first kappa shape index (κ1) is 16.4. The average molecular weight is 341 g/mol. The Morgan fingerprint density at radius 3 is 2.70 bits per heavy atom. The standard InChI is InChI=1S/C16H21ClN2O4/c1-22-14-3-10(2-13(17)16(14)23-9-15(20)21)6-19-7-11-4-18-5-12(11)8-19/h2-3,11-12,18H,4-9H2,1H3,(H,20,21)/t11-,12+. The van der Waals surface area contributed by atoms with Crippen LogP contribution in [0.25, 0.3) is 0 Å². The third kappa shape index (κ3) is 3.71. The highest BCUT2D eigenvalue weighted by Crippen LogP contribution is 2.37. The van der Waals surface area contributed by atoms with Crippen LogP contribution in [0.1, 0.15) is 5.56 Å². The van der Waals surface area contributed by atoms with Gasteiger partial charge < -0.3 is 19.9 Å². The Bertz CT molecular complexity index is 584. The van der Waals surface area contributed by atoms with Gasteiger partial charge in [-0.2, -0.15) is 0 Å². The van der Waals surface area contributed by atoms with Crippen LogP contribution >= 0.6 is 11.6 Å². The van der Waals surface area contributed by atoms with E-state index in [2.05, 4.69) is 10.2 Å². The fraction of sp³-hybridized carbons (Fsp3) is 0.562. The summed E-state index contributed by atoms with van der Waals surface area (Å²) >= 11 is 6.25. The van der Waals surface area contributed by atoms with E-state index in [1.165, 1.54) is 7.11 Å². The summed E-state index contributed by atoms with van der Waals surface area (Å²) in [4.78, 5) is 13.1. The Kier molecular flexibility index (Phi) is 4.94. The average Bonchev–Trinajstić information content (AvgIpc) is 3.06. The summed E-state index contributed by atoms with van der Waals surface area (Å²) in [6, 6.07) is 3.70. The van der Waals surface area contributed by atoms with Gasteiger partial charge in [-0.15, -0.1) is 0 Å². The van der Waals surface area contributed by atoms with E-state index in [1.54, 1.807) is 0 Å². The van der Waals surface area contributed by atoms with Crippen molar-refractivity contribution in [3.8, 4) is 11.5 Å². The van der Waals surface area contributed by atoms with Gasteiger partial charge in [-0.05, 0) is 42.6 Å². The minimum atomic E-state index is -1.05. The Labute approximate surface area is 140 Å². The zero-order chi connectivity index (χ0) is 16.4. The molecule has 2 atom stereocenters. The molecular formula is C16H21ClN2O4. The minimum absolute atomic E-state index is 0.280. The van der Waals surface area contributed by atoms with E-state index in [4.69, 9.17) is 26.2 Å². The van der Waals surface area contributed by atoms with Crippen LogP contribution in [0.5, 0.6) is 11.5 Å². The molecule has 2 N–H and O–H groups in total. The quantitative estimate of drug-likeness (QED) is 0.817. The molecule has 0 unspecified atom stereocenters. The highest BCUT2D eigenvalue weighted by Gasteiger charge is 2.35. The molecule has 1 aromatic carbocycles. The number of likely N-dealkylation sites (tertiary alicyclic amines) is 1. The number of fused-ring (bicyclic) bond motifs is 1. The molecule has 0 bridgehead atoms. The van der Waals surface area contributed by atoms with Gasteiger partial charge in [-0.1, -0.05) is 11.6 Å². The number of benzene rings is 1. The first-order valence-corrected chi connectivity index (χ1v) is 8.08. The summed E-state index contributed by atoms with van der Waals surface area (Å²) in [5.41, 5.74) is 1.04. The monoisotopic (exact) mass is 340 g/mol. The Hall–Kier alpha value is -1.50. The van der Waals surface area contributed by atoms with Crippen molar-refractivity contribution in [3.63, 3.8) is 0 Å². The number of carbonyl (C=O) groups is 1. The van der Waals surface area contributed by atoms with Gasteiger partial charge in [-0.25, -0.2) is 4.79 Å². The van der Waals surface area contributed by atoms with Crippen molar-refractivity contribution in [1.82, 2.24) is 10.2 Å². The molecule has 2 aliphatic heterocycles. The van der Waals surface area contributed by atoms with Gasteiger partial charge in [0, 0.05) is 19.6 Å². The van der Waals surface area contributed by atoms with Crippen LogP contribution in [0.2, 0.25) is 5.02 Å². The van der Waals surface area contributed by atoms with Gasteiger partial charge in [-0.3, -0.25) is 4.90 Å². The molecule has 23 heavy (non-hydrogen) atoms. The lowest BCUT2D eigenvalue weighted by Crippen LogP contribution is -2.25. The molecule has 0 aliphatic carbocycles. The van der Waals surface area contributed by atoms with E-state index in [-0.39, 0.29) is 5.75 Å². The van der Waals surface area contributed by atoms with E-state index in [0.717, 1.165) is 50.1 Å². The molecule has 2 saturated heterocycles. The number of nitrogens with one attached hydrogen (secondary N) is 1. The van der Waals surface area contributed by atoms with Crippen LogP contribution in [-0.4, -0.2) is 55.9 Å². The molecule has 6 nitrogen and oxygen atoms in total. The van der Waals surface area contributed by atoms with Crippen molar-refractivity contribution in [3.05, 3.63) is 22.7 Å². The molecule has 2 aliphatic rings. The summed E-state index contributed by atoms with van der Waals surface area (Å²) in [5, 5.41) is 12.5. The molecule has 126 valence electrons. The summed E-state index contributed by atoms with van der Waals surface area (Å²) in [7, 11) is 1.52. The fourth-order valence-electron chi connectivity index (χ4n) is 3.48. The van der Waals surface area contributed by atoms with Gasteiger partial charge in [0.2, 0.25) is 0 Å². The zero-order valence-electron chi connectivity index (χ0n) is 13.0. The normalized spacial score (nSPS) is 23.7. The third-order valence-corrected chi connectivity index (χ3v) is 4.78. The Balaban J connectivity index is 1.70. The fourth-order valence-corrected chi connectivity index (χ4v) is 3.77. The molecule has 0 aromatic heterocycles. The SMILES string of the molecule is COc1cc(CN2C[C@H]3CNC[C@H]3C2)cc(Cl)c1OCC(=O)O. The van der Waals surface area contributed by atoms with Crippen LogP contribution in [0, 0.1) is 11.8 Å². The van der Waals surface area contributed by atoms with Crippen molar-refractivity contribution in [2.45, 2.75) is 6.54 Å². The van der Waals surface area contributed by atoms with Crippen LogP contribution in [0.15, 0.2) is 12.1 Å². The van der Waals surface area contributed by atoms with Crippen molar-refractivity contribution >= 4 is 17.6 Å². The van der Waals surface area contributed by atoms with Crippen LogP contribution in [0.4, 0.5) is 0 Å². The number of halogens is 1. The maximum atomic E-state index is 10.7. The first-order chi connectivity index (χ1) is 11.1.